The van der Waals surface area contributed by atoms with Crippen molar-refractivity contribution in [1.82, 2.24) is 4.90 Å². The molecule has 5 heteroatoms. The van der Waals surface area contributed by atoms with Crippen molar-refractivity contribution >= 4 is 6.47 Å². The number of likely N-dealkylation sites (tertiary alicyclic amines) is 1. The Hall–Kier alpha value is -1.59. The summed E-state index contributed by atoms with van der Waals surface area (Å²) in [5, 5.41) is 17.8. The minimum Gasteiger partial charge on any atom is -0.496 e. The quantitative estimate of drug-likeness (QED) is 0.803. The molecule has 1 saturated carbocycles. The van der Waals surface area contributed by atoms with Crippen molar-refractivity contribution in [3.8, 4) is 5.75 Å². The summed E-state index contributed by atoms with van der Waals surface area (Å²) >= 11 is 0. The summed E-state index contributed by atoms with van der Waals surface area (Å²) in [5.74, 6) is 2.11. The van der Waals surface area contributed by atoms with Crippen molar-refractivity contribution in [2.45, 2.75) is 58.6 Å². The van der Waals surface area contributed by atoms with Crippen LogP contribution in [-0.4, -0.2) is 47.4 Å². The number of nitrogens with zero attached hydrogens (tertiary/aromatic N) is 1. The van der Waals surface area contributed by atoms with Gasteiger partial charge in [0.25, 0.3) is 6.47 Å². The molecule has 0 unspecified atom stereocenters. The molecule has 0 bridgehead atoms. The van der Waals surface area contributed by atoms with E-state index in [1.807, 2.05) is 0 Å². The number of aliphatic hydroxyl groups is 1. The van der Waals surface area contributed by atoms with Gasteiger partial charge in [-0.15, -0.1) is 0 Å². The molecular weight excluding hydrogens is 330 g/mol. The maximum atomic E-state index is 11.0. The highest BCUT2D eigenvalue weighted by Gasteiger charge is 2.47. The molecule has 0 amide bonds. The van der Waals surface area contributed by atoms with Crippen LogP contribution in [0.15, 0.2) is 12.1 Å². The molecule has 3 atom stereocenters. The van der Waals surface area contributed by atoms with E-state index in [4.69, 9.17) is 14.6 Å². The fourth-order valence-corrected chi connectivity index (χ4v) is 4.77. The van der Waals surface area contributed by atoms with Crippen LogP contribution in [0.25, 0.3) is 0 Å². The Bertz CT molecular complexity index is 618. The van der Waals surface area contributed by atoms with Crippen molar-refractivity contribution < 1.29 is 19.7 Å². The number of rotatable bonds is 4. The van der Waals surface area contributed by atoms with E-state index < -0.39 is 5.60 Å². The van der Waals surface area contributed by atoms with Crippen LogP contribution >= 0.6 is 0 Å². The first-order valence-corrected chi connectivity index (χ1v) is 9.55. The third-order valence-electron chi connectivity index (χ3n) is 6.25. The van der Waals surface area contributed by atoms with Crippen molar-refractivity contribution in [1.29, 1.82) is 0 Å². The van der Waals surface area contributed by atoms with E-state index in [-0.39, 0.29) is 6.47 Å². The van der Waals surface area contributed by atoms with Crippen LogP contribution in [0.1, 0.15) is 49.3 Å². The second-order valence-electron chi connectivity index (χ2n) is 7.76. The molecule has 1 aliphatic heterocycles. The van der Waals surface area contributed by atoms with E-state index in [9.17, 15) is 5.11 Å². The first-order valence-electron chi connectivity index (χ1n) is 9.55. The number of fused-ring (bicyclic) bond motifs is 1. The van der Waals surface area contributed by atoms with Gasteiger partial charge >= 0.3 is 0 Å². The predicted octanol–water partition coefficient (Wildman–Crippen LogP) is 3.39. The molecule has 2 N–H and O–H groups in total. The number of hydrogen-bond acceptors (Lipinski definition) is 4. The van der Waals surface area contributed by atoms with Gasteiger partial charge in [-0.1, -0.05) is 19.4 Å². The van der Waals surface area contributed by atoms with Crippen LogP contribution in [0.4, 0.5) is 0 Å². The lowest BCUT2D eigenvalue weighted by molar-refractivity contribution is -0.122. The standard InChI is InChI=1S/C20H31NO2.CH2O2/c1-5-20(22)8-6-7-16-11-21(13-18(16)20)12-17-9-15(3)19(23-4)10-14(17)2;2-1-3/h9-10,16,18,22H,5-8,11-13H2,1-4H3;1H,(H,2,3)/t16-,18+,20-;/m1./s1. The van der Waals surface area contributed by atoms with Gasteiger partial charge in [0.1, 0.15) is 5.75 Å². The monoisotopic (exact) mass is 363 g/mol. The summed E-state index contributed by atoms with van der Waals surface area (Å²) in [6, 6.07) is 4.42. The second-order valence-corrected chi connectivity index (χ2v) is 7.76. The topological polar surface area (TPSA) is 70.0 Å². The molecule has 2 aliphatic rings. The number of hydrogen-bond donors (Lipinski definition) is 2. The van der Waals surface area contributed by atoms with Gasteiger partial charge in [0.2, 0.25) is 0 Å². The fourth-order valence-electron chi connectivity index (χ4n) is 4.77. The van der Waals surface area contributed by atoms with Gasteiger partial charge in [-0.25, -0.2) is 0 Å². The van der Waals surface area contributed by atoms with Gasteiger partial charge in [-0.05, 0) is 61.8 Å². The SMILES string of the molecule is CC[C@@]1(O)CCC[C@@H]2CN(Cc3cc(C)c(OC)cc3C)C[C@@H]21.O=CO. The third kappa shape index (κ3) is 4.38. The molecule has 0 spiro atoms. The molecule has 1 aromatic rings. The minimum absolute atomic E-state index is 0.250. The summed E-state index contributed by atoms with van der Waals surface area (Å²) < 4.78 is 5.42. The second kappa shape index (κ2) is 8.87. The maximum Gasteiger partial charge on any atom is 0.290 e. The molecule has 1 saturated heterocycles. The Balaban J connectivity index is 0.000000758. The number of benzene rings is 1. The molecule has 146 valence electrons. The van der Waals surface area contributed by atoms with E-state index in [2.05, 4.69) is 37.8 Å². The molecule has 1 aliphatic carbocycles. The number of aryl methyl sites for hydroxylation is 2. The summed E-state index contributed by atoms with van der Waals surface area (Å²) in [6.07, 6.45) is 4.34. The molecule has 0 radical (unpaired) electrons. The van der Waals surface area contributed by atoms with Crippen LogP contribution in [0.2, 0.25) is 0 Å². The largest absolute Gasteiger partial charge is 0.496 e. The van der Waals surface area contributed by atoms with E-state index in [1.54, 1.807) is 7.11 Å². The summed E-state index contributed by atoms with van der Waals surface area (Å²) in [6.45, 7) is 9.34. The Morgan fingerprint density at radius 3 is 2.62 bits per heavy atom. The highest BCUT2D eigenvalue weighted by molar-refractivity contribution is 5.41. The average molecular weight is 363 g/mol. The lowest BCUT2D eigenvalue weighted by atomic mass is 9.69. The molecule has 26 heavy (non-hydrogen) atoms. The smallest absolute Gasteiger partial charge is 0.290 e. The molecule has 5 nitrogen and oxygen atoms in total. The van der Waals surface area contributed by atoms with Gasteiger partial charge in [0.05, 0.1) is 12.7 Å². The predicted molar refractivity (Wildman–Crippen MR) is 103 cm³/mol. The molecule has 0 aromatic heterocycles. The maximum absolute atomic E-state index is 11.0. The van der Waals surface area contributed by atoms with Crippen molar-refractivity contribution in [2.75, 3.05) is 20.2 Å². The number of carbonyl (C=O) groups is 1. The molecule has 3 rings (SSSR count). The van der Waals surface area contributed by atoms with Crippen molar-refractivity contribution in [2.24, 2.45) is 11.8 Å². The summed E-state index contributed by atoms with van der Waals surface area (Å²) in [4.78, 5) is 10.9. The Morgan fingerprint density at radius 1 is 1.31 bits per heavy atom. The van der Waals surface area contributed by atoms with Gasteiger partial charge in [0.15, 0.2) is 0 Å². The lowest BCUT2D eigenvalue weighted by Crippen LogP contribution is -2.44. The van der Waals surface area contributed by atoms with Gasteiger partial charge in [-0.2, -0.15) is 0 Å². The highest BCUT2D eigenvalue weighted by Crippen LogP contribution is 2.44. The van der Waals surface area contributed by atoms with E-state index in [0.717, 1.165) is 38.2 Å². The van der Waals surface area contributed by atoms with Crippen LogP contribution in [0, 0.1) is 25.7 Å². The first-order chi connectivity index (χ1) is 12.4. The molecule has 2 fully saturated rings. The lowest BCUT2D eigenvalue weighted by Gasteiger charge is -2.40. The van der Waals surface area contributed by atoms with E-state index >= 15 is 0 Å². The minimum atomic E-state index is -0.428. The first kappa shape index (κ1) is 20.7. The average Bonchev–Trinajstić information content (AvgIpc) is 3.03. The van der Waals surface area contributed by atoms with Crippen LogP contribution in [-0.2, 0) is 11.3 Å². The van der Waals surface area contributed by atoms with Gasteiger partial charge in [0, 0.05) is 25.6 Å². The van der Waals surface area contributed by atoms with E-state index in [1.165, 1.54) is 29.5 Å². The Labute approximate surface area is 157 Å². The Kier molecular flexibility index (Phi) is 7.07. The Morgan fingerprint density at radius 2 is 2.00 bits per heavy atom. The summed E-state index contributed by atoms with van der Waals surface area (Å²) in [5.41, 5.74) is 3.47. The van der Waals surface area contributed by atoms with Crippen LogP contribution in [0.5, 0.6) is 5.75 Å². The molecule has 1 aromatic carbocycles. The van der Waals surface area contributed by atoms with E-state index in [0.29, 0.717) is 11.8 Å². The van der Waals surface area contributed by atoms with Crippen molar-refractivity contribution in [3.63, 3.8) is 0 Å². The number of carboxylic acid groups (broad SMARTS) is 1. The highest BCUT2D eigenvalue weighted by atomic mass is 16.5. The van der Waals surface area contributed by atoms with Crippen molar-refractivity contribution in [3.05, 3.63) is 28.8 Å². The fraction of sp³-hybridized carbons (Fsp3) is 0.667. The van der Waals surface area contributed by atoms with Crippen LogP contribution in [0.3, 0.4) is 0 Å². The third-order valence-corrected chi connectivity index (χ3v) is 6.25. The van der Waals surface area contributed by atoms with Crippen LogP contribution < -0.4 is 4.74 Å². The van der Waals surface area contributed by atoms with Gasteiger partial charge in [-0.3, -0.25) is 9.69 Å². The zero-order chi connectivity index (χ0) is 19.3. The zero-order valence-corrected chi connectivity index (χ0v) is 16.5. The zero-order valence-electron chi connectivity index (χ0n) is 16.5. The number of ether oxygens (including phenoxy) is 1. The normalized spacial score (nSPS) is 28.0. The summed E-state index contributed by atoms with van der Waals surface area (Å²) in [7, 11) is 1.73. The number of methoxy groups -OCH3 is 1. The molecule has 1 heterocycles. The molecular formula is C21H33NO4. The van der Waals surface area contributed by atoms with Gasteiger partial charge < -0.3 is 14.9 Å².